The molecule has 12 heavy (non-hydrogen) atoms. The van der Waals surface area contributed by atoms with E-state index in [1.54, 1.807) is 12.4 Å². The summed E-state index contributed by atoms with van der Waals surface area (Å²) in [4.78, 5) is 19.2. The Bertz CT molecular complexity index is 297. The Hall–Kier alpha value is -1.76. The third-order valence-corrected chi connectivity index (χ3v) is 1.42. The first-order valence-electron chi connectivity index (χ1n) is 3.57. The Morgan fingerprint density at radius 3 is 3.08 bits per heavy atom. The molecule has 1 N–H and O–H groups in total. The van der Waals surface area contributed by atoms with Crippen LogP contribution in [0.1, 0.15) is 6.92 Å². The van der Waals surface area contributed by atoms with Crippen molar-refractivity contribution in [2.24, 2.45) is 0 Å². The van der Waals surface area contributed by atoms with Crippen molar-refractivity contribution in [3.8, 4) is 12.3 Å². The van der Waals surface area contributed by atoms with Crippen molar-refractivity contribution in [3.05, 3.63) is 12.4 Å². The molecule has 0 aliphatic carbocycles. The average molecular weight is 163 g/mol. The van der Waals surface area contributed by atoms with Crippen LogP contribution in [0.25, 0.3) is 0 Å². The van der Waals surface area contributed by atoms with Crippen LogP contribution in [0, 0.1) is 12.3 Å². The van der Waals surface area contributed by atoms with Crippen LogP contribution in [0.15, 0.2) is 12.4 Å². The lowest BCUT2D eigenvalue weighted by Crippen LogP contribution is -2.30. The Labute approximate surface area is 70.6 Å². The number of anilines is 1. The van der Waals surface area contributed by atoms with Crippen LogP contribution in [0.2, 0.25) is 0 Å². The van der Waals surface area contributed by atoms with E-state index in [1.807, 2.05) is 12.8 Å². The molecule has 0 aliphatic rings. The van der Waals surface area contributed by atoms with Crippen molar-refractivity contribution in [2.75, 3.05) is 11.4 Å². The highest BCUT2D eigenvalue weighted by Gasteiger charge is 2.12. The maximum Gasteiger partial charge on any atom is 0.304 e. The molecule has 0 fully saturated rings. The van der Waals surface area contributed by atoms with Gasteiger partial charge in [-0.1, -0.05) is 0 Å². The lowest BCUT2D eigenvalue weighted by molar-refractivity contribution is -0.113. The number of aromatic amines is 1. The van der Waals surface area contributed by atoms with Gasteiger partial charge in [0.2, 0.25) is 5.95 Å². The van der Waals surface area contributed by atoms with Crippen LogP contribution in [-0.4, -0.2) is 22.4 Å². The van der Waals surface area contributed by atoms with E-state index in [9.17, 15) is 4.79 Å². The highest BCUT2D eigenvalue weighted by atomic mass is 16.2. The van der Waals surface area contributed by atoms with Gasteiger partial charge in [-0.2, -0.15) is 0 Å². The van der Waals surface area contributed by atoms with Crippen LogP contribution < -0.4 is 4.90 Å². The van der Waals surface area contributed by atoms with E-state index < -0.39 is 0 Å². The van der Waals surface area contributed by atoms with Gasteiger partial charge in [-0.15, -0.1) is 6.42 Å². The fourth-order valence-corrected chi connectivity index (χ4v) is 0.872. The SMILES string of the molecule is C#CC(=O)N(CC)c1ncc[nH]1. The summed E-state index contributed by atoms with van der Waals surface area (Å²) in [5.41, 5.74) is 0. The maximum absolute atomic E-state index is 11.1. The summed E-state index contributed by atoms with van der Waals surface area (Å²) in [6.45, 7) is 2.34. The van der Waals surface area contributed by atoms with Gasteiger partial charge in [0.25, 0.3) is 0 Å². The summed E-state index contributed by atoms with van der Waals surface area (Å²) >= 11 is 0. The number of imidazole rings is 1. The number of amides is 1. The number of rotatable bonds is 2. The van der Waals surface area contributed by atoms with Crippen LogP contribution in [0.4, 0.5) is 5.95 Å². The summed E-state index contributed by atoms with van der Waals surface area (Å²) < 4.78 is 0. The highest BCUT2D eigenvalue weighted by molar-refractivity contribution is 6.04. The van der Waals surface area contributed by atoms with E-state index in [-0.39, 0.29) is 5.91 Å². The van der Waals surface area contributed by atoms with Gasteiger partial charge in [-0.3, -0.25) is 9.69 Å². The number of nitrogens with one attached hydrogen (secondary N) is 1. The van der Waals surface area contributed by atoms with Gasteiger partial charge < -0.3 is 4.98 Å². The predicted octanol–water partition coefficient (Wildman–Crippen LogP) is 0.396. The van der Waals surface area contributed by atoms with Gasteiger partial charge >= 0.3 is 5.91 Å². The van der Waals surface area contributed by atoms with E-state index in [0.717, 1.165) is 0 Å². The first-order valence-corrected chi connectivity index (χ1v) is 3.57. The molecule has 0 spiro atoms. The highest BCUT2D eigenvalue weighted by Crippen LogP contribution is 2.04. The Morgan fingerprint density at radius 2 is 2.67 bits per heavy atom. The smallest absolute Gasteiger partial charge is 0.304 e. The monoisotopic (exact) mass is 163 g/mol. The van der Waals surface area contributed by atoms with Gasteiger partial charge in [0.1, 0.15) is 0 Å². The van der Waals surface area contributed by atoms with E-state index in [2.05, 4.69) is 9.97 Å². The van der Waals surface area contributed by atoms with E-state index >= 15 is 0 Å². The number of hydrogen-bond donors (Lipinski definition) is 1. The zero-order valence-electron chi connectivity index (χ0n) is 6.74. The molecule has 0 aromatic carbocycles. The number of H-pyrrole nitrogens is 1. The van der Waals surface area contributed by atoms with E-state index in [1.165, 1.54) is 4.90 Å². The van der Waals surface area contributed by atoms with Crippen molar-refractivity contribution in [1.29, 1.82) is 0 Å². The average Bonchev–Trinajstić information content (AvgIpc) is 2.58. The van der Waals surface area contributed by atoms with Crippen molar-refractivity contribution in [2.45, 2.75) is 6.92 Å². The number of nitrogens with zero attached hydrogens (tertiary/aromatic N) is 2. The standard InChI is InChI=1S/C8H9N3O/c1-3-7(12)11(4-2)8-9-5-6-10-8/h1,5-6H,4H2,2H3,(H,9,10). The third-order valence-electron chi connectivity index (χ3n) is 1.42. The molecule has 0 atom stereocenters. The molecule has 1 amide bonds. The first kappa shape index (κ1) is 8.34. The number of hydrogen-bond acceptors (Lipinski definition) is 2. The largest absolute Gasteiger partial charge is 0.331 e. The second kappa shape index (κ2) is 3.58. The molecule has 0 saturated heterocycles. The second-order valence-corrected chi connectivity index (χ2v) is 2.11. The van der Waals surface area contributed by atoms with Gasteiger partial charge in [0.15, 0.2) is 0 Å². The maximum atomic E-state index is 11.1. The lowest BCUT2D eigenvalue weighted by atomic mass is 10.5. The van der Waals surface area contributed by atoms with Crippen molar-refractivity contribution < 1.29 is 4.79 Å². The Kier molecular flexibility index (Phi) is 2.49. The second-order valence-electron chi connectivity index (χ2n) is 2.11. The van der Waals surface area contributed by atoms with Crippen molar-refractivity contribution >= 4 is 11.9 Å². The molecule has 0 unspecified atom stereocenters. The topological polar surface area (TPSA) is 49.0 Å². The third kappa shape index (κ3) is 1.45. The van der Waals surface area contributed by atoms with Crippen LogP contribution in [0.3, 0.4) is 0 Å². The molecule has 1 aromatic heterocycles. The molecule has 62 valence electrons. The van der Waals surface area contributed by atoms with Crippen LogP contribution in [0.5, 0.6) is 0 Å². The van der Waals surface area contributed by atoms with Crippen LogP contribution >= 0.6 is 0 Å². The lowest BCUT2D eigenvalue weighted by Gasteiger charge is -2.13. The summed E-state index contributed by atoms with van der Waals surface area (Å²) in [7, 11) is 0. The Balaban J connectivity index is 2.85. The van der Waals surface area contributed by atoms with Crippen LogP contribution in [-0.2, 0) is 4.79 Å². The fourth-order valence-electron chi connectivity index (χ4n) is 0.872. The number of aromatic nitrogens is 2. The number of carbonyl (C=O) groups excluding carboxylic acids is 1. The normalized spacial score (nSPS) is 9.00. The van der Waals surface area contributed by atoms with E-state index in [4.69, 9.17) is 6.42 Å². The van der Waals surface area contributed by atoms with Crippen molar-refractivity contribution in [3.63, 3.8) is 0 Å². The summed E-state index contributed by atoms with van der Waals surface area (Å²) in [5.74, 6) is 2.14. The molecule has 1 heterocycles. The molecule has 4 heteroatoms. The minimum absolute atomic E-state index is 0.382. The van der Waals surface area contributed by atoms with Gasteiger partial charge in [0.05, 0.1) is 0 Å². The fraction of sp³-hybridized carbons (Fsp3) is 0.250. The van der Waals surface area contributed by atoms with Gasteiger partial charge in [-0.25, -0.2) is 4.98 Å². The summed E-state index contributed by atoms with van der Waals surface area (Å²) in [5, 5.41) is 0. The molecule has 1 rings (SSSR count). The molecule has 0 saturated carbocycles. The van der Waals surface area contributed by atoms with E-state index in [0.29, 0.717) is 12.5 Å². The minimum Gasteiger partial charge on any atom is -0.331 e. The minimum atomic E-state index is -0.382. The molecule has 0 aliphatic heterocycles. The van der Waals surface area contributed by atoms with Crippen molar-refractivity contribution in [1.82, 2.24) is 9.97 Å². The zero-order chi connectivity index (χ0) is 8.97. The molecule has 0 bridgehead atoms. The summed E-state index contributed by atoms with van der Waals surface area (Å²) in [6, 6.07) is 0. The zero-order valence-corrected chi connectivity index (χ0v) is 6.74. The molecular formula is C8H9N3O. The Morgan fingerprint density at radius 1 is 1.92 bits per heavy atom. The quantitative estimate of drug-likeness (QED) is 0.641. The first-order chi connectivity index (χ1) is 5.79. The molecule has 1 aromatic rings. The molecule has 0 radical (unpaired) electrons. The molecular weight excluding hydrogens is 154 g/mol. The van der Waals surface area contributed by atoms with Gasteiger partial charge in [-0.05, 0) is 12.8 Å². The number of carbonyl (C=O) groups is 1. The number of terminal acetylenes is 1. The summed E-state index contributed by atoms with van der Waals surface area (Å²) in [6.07, 6.45) is 8.18. The predicted molar refractivity (Wildman–Crippen MR) is 45.4 cm³/mol. The molecule has 4 nitrogen and oxygen atoms in total. The van der Waals surface area contributed by atoms with Gasteiger partial charge in [0, 0.05) is 18.9 Å².